The number of rotatable bonds is 6. The molecule has 0 amide bonds. The summed E-state index contributed by atoms with van der Waals surface area (Å²) < 4.78 is 6.15. The van der Waals surface area contributed by atoms with Crippen molar-refractivity contribution in [2.24, 2.45) is 0 Å². The van der Waals surface area contributed by atoms with E-state index in [2.05, 4.69) is 50.1 Å². The number of aromatic nitrogens is 1. The first-order valence-corrected chi connectivity index (χ1v) is 7.51. The standard InChI is InChI=1S/C18H24N2O/c1-5-7-19-11-16-12-20-8-6-17(16)21-18-10-13(2)9-14(3)15(18)4/h6,8-10,12,19H,5,7,11H2,1-4H3. The summed E-state index contributed by atoms with van der Waals surface area (Å²) in [4.78, 5) is 4.20. The van der Waals surface area contributed by atoms with Gasteiger partial charge in [-0.2, -0.15) is 0 Å². The third-order valence-corrected chi connectivity index (χ3v) is 3.59. The lowest BCUT2D eigenvalue weighted by atomic mass is 10.1. The van der Waals surface area contributed by atoms with E-state index >= 15 is 0 Å². The molecule has 3 heteroatoms. The number of nitrogens with one attached hydrogen (secondary N) is 1. The molecule has 0 aliphatic heterocycles. The smallest absolute Gasteiger partial charge is 0.135 e. The van der Waals surface area contributed by atoms with Crippen LogP contribution in [0.1, 0.15) is 35.6 Å². The Morgan fingerprint density at radius 1 is 1.14 bits per heavy atom. The second kappa shape index (κ2) is 7.23. The number of pyridine rings is 1. The van der Waals surface area contributed by atoms with E-state index in [-0.39, 0.29) is 0 Å². The van der Waals surface area contributed by atoms with Gasteiger partial charge in [0.1, 0.15) is 11.5 Å². The predicted molar refractivity (Wildman–Crippen MR) is 87.0 cm³/mol. The Kier molecular flexibility index (Phi) is 5.34. The predicted octanol–water partition coefficient (Wildman–Crippen LogP) is 4.30. The molecule has 1 aromatic heterocycles. The summed E-state index contributed by atoms with van der Waals surface area (Å²) >= 11 is 0. The van der Waals surface area contributed by atoms with E-state index < -0.39 is 0 Å². The Labute approximate surface area is 127 Å². The van der Waals surface area contributed by atoms with Crippen LogP contribution in [0.15, 0.2) is 30.6 Å². The molecule has 0 aliphatic rings. The lowest BCUT2D eigenvalue weighted by Crippen LogP contribution is -2.14. The van der Waals surface area contributed by atoms with Gasteiger partial charge in [0.2, 0.25) is 0 Å². The zero-order valence-corrected chi connectivity index (χ0v) is 13.4. The van der Waals surface area contributed by atoms with Crippen molar-refractivity contribution in [3.05, 3.63) is 52.8 Å². The minimum absolute atomic E-state index is 0.779. The Balaban J connectivity index is 2.23. The number of hydrogen-bond acceptors (Lipinski definition) is 3. The monoisotopic (exact) mass is 284 g/mol. The molecule has 1 heterocycles. The topological polar surface area (TPSA) is 34.2 Å². The Hall–Kier alpha value is -1.87. The average Bonchev–Trinajstić information content (AvgIpc) is 2.46. The fourth-order valence-electron chi connectivity index (χ4n) is 2.27. The SMILES string of the molecule is CCCNCc1cnccc1Oc1cc(C)cc(C)c1C. The molecule has 0 atom stereocenters. The molecule has 2 rings (SSSR count). The van der Waals surface area contributed by atoms with Gasteiger partial charge in [0.25, 0.3) is 0 Å². The van der Waals surface area contributed by atoms with E-state index in [9.17, 15) is 0 Å². The quantitative estimate of drug-likeness (QED) is 0.803. The van der Waals surface area contributed by atoms with Crippen LogP contribution < -0.4 is 10.1 Å². The minimum Gasteiger partial charge on any atom is -0.457 e. The summed E-state index contributed by atoms with van der Waals surface area (Å²) in [5, 5.41) is 3.39. The fraction of sp³-hybridized carbons (Fsp3) is 0.389. The highest BCUT2D eigenvalue weighted by Crippen LogP contribution is 2.30. The summed E-state index contributed by atoms with van der Waals surface area (Å²) in [5.41, 5.74) is 4.74. The number of ether oxygens (including phenoxy) is 1. The maximum Gasteiger partial charge on any atom is 0.135 e. The van der Waals surface area contributed by atoms with E-state index in [1.807, 2.05) is 12.3 Å². The van der Waals surface area contributed by atoms with Crippen LogP contribution in [0.3, 0.4) is 0 Å². The lowest BCUT2D eigenvalue weighted by molar-refractivity contribution is 0.467. The Bertz CT molecular complexity index is 608. The Morgan fingerprint density at radius 2 is 1.95 bits per heavy atom. The highest BCUT2D eigenvalue weighted by Gasteiger charge is 2.09. The van der Waals surface area contributed by atoms with Gasteiger partial charge in [-0.15, -0.1) is 0 Å². The van der Waals surface area contributed by atoms with Crippen molar-refractivity contribution >= 4 is 0 Å². The third-order valence-electron chi connectivity index (χ3n) is 3.59. The molecule has 0 unspecified atom stereocenters. The number of nitrogens with zero attached hydrogens (tertiary/aromatic N) is 1. The fourth-order valence-corrected chi connectivity index (χ4v) is 2.27. The van der Waals surface area contributed by atoms with Gasteiger partial charge in [-0.05, 0) is 62.6 Å². The van der Waals surface area contributed by atoms with Gasteiger partial charge in [-0.25, -0.2) is 0 Å². The number of aryl methyl sites for hydroxylation is 2. The second-order valence-electron chi connectivity index (χ2n) is 5.47. The van der Waals surface area contributed by atoms with E-state index in [0.717, 1.165) is 36.6 Å². The van der Waals surface area contributed by atoms with Crippen molar-refractivity contribution < 1.29 is 4.74 Å². The molecule has 0 radical (unpaired) electrons. The van der Waals surface area contributed by atoms with Crippen LogP contribution in [0.4, 0.5) is 0 Å². The van der Waals surface area contributed by atoms with Crippen LogP contribution in [0, 0.1) is 20.8 Å². The molecule has 21 heavy (non-hydrogen) atoms. The van der Waals surface area contributed by atoms with Crippen LogP contribution in [0.5, 0.6) is 11.5 Å². The zero-order chi connectivity index (χ0) is 15.2. The van der Waals surface area contributed by atoms with E-state index in [0.29, 0.717) is 0 Å². The second-order valence-corrected chi connectivity index (χ2v) is 5.47. The van der Waals surface area contributed by atoms with Gasteiger partial charge in [-0.1, -0.05) is 13.0 Å². The van der Waals surface area contributed by atoms with Crippen LogP contribution >= 0.6 is 0 Å². The molecule has 1 N–H and O–H groups in total. The van der Waals surface area contributed by atoms with Crippen LogP contribution in [0.25, 0.3) is 0 Å². The lowest BCUT2D eigenvalue weighted by Gasteiger charge is -2.15. The number of benzene rings is 1. The summed E-state index contributed by atoms with van der Waals surface area (Å²) in [5.74, 6) is 1.80. The van der Waals surface area contributed by atoms with Gasteiger partial charge in [0.05, 0.1) is 0 Å². The molecule has 1 aromatic carbocycles. The maximum absolute atomic E-state index is 6.15. The highest BCUT2D eigenvalue weighted by atomic mass is 16.5. The van der Waals surface area contributed by atoms with E-state index in [1.165, 1.54) is 16.7 Å². The Morgan fingerprint density at radius 3 is 2.71 bits per heavy atom. The molecular formula is C18H24N2O. The van der Waals surface area contributed by atoms with Crippen molar-refractivity contribution in [2.75, 3.05) is 6.54 Å². The molecule has 0 saturated carbocycles. The highest BCUT2D eigenvalue weighted by molar-refractivity contribution is 5.45. The van der Waals surface area contributed by atoms with Crippen molar-refractivity contribution in [1.29, 1.82) is 0 Å². The molecular weight excluding hydrogens is 260 g/mol. The van der Waals surface area contributed by atoms with Gasteiger partial charge < -0.3 is 10.1 Å². The number of hydrogen-bond donors (Lipinski definition) is 1. The minimum atomic E-state index is 0.779. The molecule has 2 aromatic rings. The maximum atomic E-state index is 6.15. The van der Waals surface area contributed by atoms with Crippen molar-refractivity contribution in [1.82, 2.24) is 10.3 Å². The van der Waals surface area contributed by atoms with Crippen LogP contribution in [-0.4, -0.2) is 11.5 Å². The van der Waals surface area contributed by atoms with Gasteiger partial charge in [0.15, 0.2) is 0 Å². The normalized spacial score (nSPS) is 10.7. The molecule has 0 fully saturated rings. The summed E-state index contributed by atoms with van der Waals surface area (Å²) in [6.07, 6.45) is 4.76. The summed E-state index contributed by atoms with van der Waals surface area (Å²) in [7, 11) is 0. The first kappa shape index (κ1) is 15.5. The van der Waals surface area contributed by atoms with Crippen molar-refractivity contribution in [3.8, 4) is 11.5 Å². The van der Waals surface area contributed by atoms with E-state index in [4.69, 9.17) is 4.74 Å². The molecule has 112 valence electrons. The van der Waals surface area contributed by atoms with Crippen molar-refractivity contribution in [2.45, 2.75) is 40.7 Å². The van der Waals surface area contributed by atoms with Crippen LogP contribution in [0.2, 0.25) is 0 Å². The molecule has 0 spiro atoms. The molecule has 0 saturated heterocycles. The first-order valence-electron chi connectivity index (χ1n) is 7.51. The van der Waals surface area contributed by atoms with Gasteiger partial charge in [-0.3, -0.25) is 4.98 Å². The van der Waals surface area contributed by atoms with Crippen LogP contribution in [-0.2, 0) is 6.54 Å². The van der Waals surface area contributed by atoms with E-state index in [1.54, 1.807) is 6.20 Å². The summed E-state index contributed by atoms with van der Waals surface area (Å²) in [6, 6.07) is 6.20. The average molecular weight is 284 g/mol. The largest absolute Gasteiger partial charge is 0.457 e. The zero-order valence-electron chi connectivity index (χ0n) is 13.4. The molecule has 0 aliphatic carbocycles. The third kappa shape index (κ3) is 4.05. The van der Waals surface area contributed by atoms with Gasteiger partial charge in [0, 0.05) is 24.5 Å². The molecule has 3 nitrogen and oxygen atoms in total. The van der Waals surface area contributed by atoms with Crippen molar-refractivity contribution in [3.63, 3.8) is 0 Å². The van der Waals surface area contributed by atoms with Gasteiger partial charge >= 0.3 is 0 Å². The summed E-state index contributed by atoms with van der Waals surface area (Å²) in [6.45, 7) is 10.2. The first-order chi connectivity index (χ1) is 10.1. The molecule has 0 bridgehead atoms.